The van der Waals surface area contributed by atoms with Crippen molar-refractivity contribution in [2.75, 3.05) is 19.3 Å². The Balaban J connectivity index is 1.61. The average Bonchev–Trinajstić information content (AvgIpc) is 3.43. The van der Waals surface area contributed by atoms with Gasteiger partial charge in [-0.15, -0.1) is 0 Å². The number of aryl methyl sites for hydroxylation is 1. The van der Waals surface area contributed by atoms with E-state index in [0.717, 1.165) is 18.2 Å². The highest BCUT2D eigenvalue weighted by Gasteiger charge is 2.26. The second-order valence-corrected chi connectivity index (χ2v) is 10.9. The lowest BCUT2D eigenvalue weighted by atomic mass is 10.1. The van der Waals surface area contributed by atoms with Crippen LogP contribution in [0.2, 0.25) is 0 Å². The third kappa shape index (κ3) is 4.30. The number of halogens is 1. The molecule has 1 amide bonds. The van der Waals surface area contributed by atoms with E-state index >= 15 is 0 Å². The maximum atomic E-state index is 14.3. The predicted molar refractivity (Wildman–Crippen MR) is 131 cm³/mol. The lowest BCUT2D eigenvalue weighted by molar-refractivity contribution is 0.0791. The zero-order chi connectivity index (χ0) is 24.9. The number of hydrogen-bond acceptors (Lipinski definition) is 6. The second-order valence-electron chi connectivity index (χ2n) is 8.92. The lowest BCUT2D eigenvalue weighted by Gasteiger charge is -2.16. The number of fused-ring (bicyclic) bond motifs is 1. The zero-order valence-electron chi connectivity index (χ0n) is 19.3. The molecule has 1 unspecified atom stereocenters. The molecule has 180 valence electrons. The number of carbonyl (C=O) groups is 1. The molecule has 8 nitrogen and oxygen atoms in total. The van der Waals surface area contributed by atoms with Gasteiger partial charge in [0, 0.05) is 66.1 Å². The Morgan fingerprint density at radius 2 is 1.89 bits per heavy atom. The Morgan fingerprint density at radius 3 is 2.54 bits per heavy atom. The van der Waals surface area contributed by atoms with Crippen LogP contribution in [0.3, 0.4) is 0 Å². The summed E-state index contributed by atoms with van der Waals surface area (Å²) in [6.07, 6.45) is 6.30. The maximum absolute atomic E-state index is 14.3. The minimum absolute atomic E-state index is 0.0477. The molecule has 0 bridgehead atoms. The van der Waals surface area contributed by atoms with Gasteiger partial charge in [0.15, 0.2) is 9.84 Å². The standard InChI is InChI=1S/C25H24FN5O3S/c1-15-3-6-21(26)20(9-15)17-11-28-25(29-12-17)31-14-23(35(2,33)34)19-5-4-16(10-22(19)31)24(32)30-8-7-18(27)13-30/h3-6,9-12,14,18H,7-8,13,27H2,1-2H3. The molecule has 10 heteroatoms. The van der Waals surface area contributed by atoms with Crippen molar-refractivity contribution < 1.29 is 17.6 Å². The largest absolute Gasteiger partial charge is 0.337 e. The van der Waals surface area contributed by atoms with E-state index in [-0.39, 0.29) is 28.6 Å². The van der Waals surface area contributed by atoms with E-state index in [9.17, 15) is 17.6 Å². The SMILES string of the molecule is Cc1ccc(F)c(-c2cnc(-n3cc(S(C)(=O)=O)c4ccc(C(=O)N5CCC(N)C5)cc43)nc2)c1. The zero-order valence-corrected chi connectivity index (χ0v) is 20.1. The summed E-state index contributed by atoms with van der Waals surface area (Å²) in [6, 6.07) is 9.63. The molecule has 0 saturated carbocycles. The molecule has 1 atom stereocenters. The first-order chi connectivity index (χ1) is 16.6. The van der Waals surface area contributed by atoms with Gasteiger partial charge < -0.3 is 10.6 Å². The Morgan fingerprint density at radius 1 is 1.14 bits per heavy atom. The van der Waals surface area contributed by atoms with Crippen molar-refractivity contribution in [3.63, 3.8) is 0 Å². The van der Waals surface area contributed by atoms with Crippen LogP contribution in [0.4, 0.5) is 4.39 Å². The van der Waals surface area contributed by atoms with Crippen molar-refractivity contribution >= 4 is 26.6 Å². The maximum Gasteiger partial charge on any atom is 0.253 e. The number of likely N-dealkylation sites (tertiary alicyclic amines) is 1. The van der Waals surface area contributed by atoms with Gasteiger partial charge >= 0.3 is 0 Å². The molecule has 0 aliphatic carbocycles. The molecule has 1 fully saturated rings. The molecular weight excluding hydrogens is 469 g/mol. The number of rotatable bonds is 4. The van der Waals surface area contributed by atoms with E-state index in [4.69, 9.17) is 5.73 Å². The molecular formula is C25H24FN5O3S. The fourth-order valence-electron chi connectivity index (χ4n) is 4.39. The molecule has 3 heterocycles. The van der Waals surface area contributed by atoms with Gasteiger partial charge in [0.25, 0.3) is 5.91 Å². The Labute approximate surface area is 202 Å². The van der Waals surface area contributed by atoms with Crippen LogP contribution >= 0.6 is 0 Å². The van der Waals surface area contributed by atoms with Crippen LogP contribution in [0.1, 0.15) is 22.3 Å². The number of sulfone groups is 1. The van der Waals surface area contributed by atoms with Crippen LogP contribution in [0, 0.1) is 12.7 Å². The Bertz CT molecular complexity index is 1560. The minimum Gasteiger partial charge on any atom is -0.337 e. The van der Waals surface area contributed by atoms with Gasteiger partial charge in [-0.2, -0.15) is 0 Å². The van der Waals surface area contributed by atoms with Gasteiger partial charge in [0.1, 0.15) is 5.82 Å². The van der Waals surface area contributed by atoms with E-state index in [1.54, 1.807) is 35.2 Å². The summed E-state index contributed by atoms with van der Waals surface area (Å²) < 4.78 is 40.8. The first-order valence-corrected chi connectivity index (χ1v) is 13.0. The summed E-state index contributed by atoms with van der Waals surface area (Å²) in [5, 5.41) is 0.458. The molecule has 1 aliphatic heterocycles. The van der Waals surface area contributed by atoms with Gasteiger partial charge in [-0.25, -0.2) is 22.8 Å². The molecule has 0 spiro atoms. The summed E-state index contributed by atoms with van der Waals surface area (Å²) in [4.78, 5) is 23.6. The highest BCUT2D eigenvalue weighted by atomic mass is 32.2. The van der Waals surface area contributed by atoms with E-state index in [0.29, 0.717) is 40.7 Å². The topological polar surface area (TPSA) is 111 Å². The Hall–Kier alpha value is -3.63. The average molecular weight is 494 g/mol. The van der Waals surface area contributed by atoms with Crippen molar-refractivity contribution in [1.29, 1.82) is 0 Å². The first kappa shape index (κ1) is 23.1. The van der Waals surface area contributed by atoms with Gasteiger partial charge in [-0.05, 0) is 37.6 Å². The fourth-order valence-corrected chi connectivity index (χ4v) is 5.26. The highest BCUT2D eigenvalue weighted by Crippen LogP contribution is 2.30. The summed E-state index contributed by atoms with van der Waals surface area (Å²) in [5.74, 6) is -0.350. The molecule has 4 aromatic rings. The number of nitrogens with two attached hydrogens (primary N) is 1. The van der Waals surface area contributed by atoms with Gasteiger partial charge in [0.2, 0.25) is 5.95 Å². The van der Waals surface area contributed by atoms with E-state index in [1.165, 1.54) is 29.2 Å². The van der Waals surface area contributed by atoms with Crippen molar-refractivity contribution in [3.8, 4) is 17.1 Å². The van der Waals surface area contributed by atoms with E-state index in [1.807, 2.05) is 6.92 Å². The number of amides is 1. The summed E-state index contributed by atoms with van der Waals surface area (Å²) in [7, 11) is -3.57. The minimum atomic E-state index is -3.57. The molecule has 2 aromatic heterocycles. The number of carbonyl (C=O) groups excluding carboxylic acids is 1. The van der Waals surface area contributed by atoms with Gasteiger partial charge in [0.05, 0.1) is 10.4 Å². The quantitative estimate of drug-likeness (QED) is 0.468. The summed E-state index contributed by atoms with van der Waals surface area (Å²) in [6.45, 7) is 2.92. The molecule has 5 rings (SSSR count). The van der Waals surface area contributed by atoms with Crippen LogP contribution < -0.4 is 5.73 Å². The number of nitrogens with zero attached hydrogens (tertiary/aromatic N) is 4. The fraction of sp³-hybridized carbons (Fsp3) is 0.240. The lowest BCUT2D eigenvalue weighted by Crippen LogP contribution is -2.31. The summed E-state index contributed by atoms with van der Waals surface area (Å²) >= 11 is 0. The molecule has 0 radical (unpaired) electrons. The molecule has 2 N–H and O–H groups in total. The van der Waals surface area contributed by atoms with Crippen molar-refractivity contribution in [2.24, 2.45) is 5.73 Å². The third-order valence-corrected chi connectivity index (χ3v) is 7.34. The van der Waals surface area contributed by atoms with E-state index in [2.05, 4.69) is 9.97 Å². The predicted octanol–water partition coefficient (Wildman–Crippen LogP) is 3.11. The van der Waals surface area contributed by atoms with Crippen molar-refractivity contribution in [2.45, 2.75) is 24.3 Å². The molecule has 1 aliphatic rings. The molecule has 2 aromatic carbocycles. The smallest absolute Gasteiger partial charge is 0.253 e. The van der Waals surface area contributed by atoms with Crippen molar-refractivity contribution in [1.82, 2.24) is 19.4 Å². The third-order valence-electron chi connectivity index (χ3n) is 6.21. The van der Waals surface area contributed by atoms with E-state index < -0.39 is 9.84 Å². The first-order valence-electron chi connectivity index (χ1n) is 11.1. The highest BCUT2D eigenvalue weighted by molar-refractivity contribution is 7.91. The number of hydrogen-bond donors (Lipinski definition) is 1. The second kappa shape index (κ2) is 8.54. The monoisotopic (exact) mass is 493 g/mol. The molecule has 1 saturated heterocycles. The van der Waals surface area contributed by atoms with Crippen LogP contribution in [-0.4, -0.2) is 59.1 Å². The molecule has 35 heavy (non-hydrogen) atoms. The van der Waals surface area contributed by atoms with Gasteiger partial charge in [-0.1, -0.05) is 17.7 Å². The van der Waals surface area contributed by atoms with Crippen molar-refractivity contribution in [3.05, 3.63) is 71.9 Å². The number of aromatic nitrogens is 3. The van der Waals surface area contributed by atoms with Crippen LogP contribution in [0.25, 0.3) is 28.0 Å². The van der Waals surface area contributed by atoms with Crippen LogP contribution in [-0.2, 0) is 9.84 Å². The number of benzene rings is 2. The normalized spacial score (nSPS) is 16.2. The van der Waals surface area contributed by atoms with Gasteiger partial charge in [-0.3, -0.25) is 9.36 Å². The summed E-state index contributed by atoms with van der Waals surface area (Å²) in [5.41, 5.74) is 8.62. The Kier molecular flexibility index (Phi) is 5.65. The van der Waals surface area contributed by atoms with Crippen LogP contribution in [0.15, 0.2) is 59.9 Å². The van der Waals surface area contributed by atoms with Crippen LogP contribution in [0.5, 0.6) is 0 Å².